The summed E-state index contributed by atoms with van der Waals surface area (Å²) in [6, 6.07) is 11.3. The van der Waals surface area contributed by atoms with E-state index in [-0.39, 0.29) is 0 Å². The summed E-state index contributed by atoms with van der Waals surface area (Å²) >= 11 is 0. The lowest BCUT2D eigenvalue weighted by Gasteiger charge is -2.27. The van der Waals surface area contributed by atoms with E-state index in [0.717, 1.165) is 44.8 Å². The third-order valence-corrected chi connectivity index (χ3v) is 4.75. The van der Waals surface area contributed by atoms with Gasteiger partial charge < -0.3 is 21.3 Å². The number of fused-ring (bicyclic) bond motifs is 1. The van der Waals surface area contributed by atoms with Crippen molar-refractivity contribution in [1.82, 2.24) is 20.6 Å². The molecule has 1 aromatic heterocycles. The average Bonchev–Trinajstić information content (AvgIpc) is 3.13. The zero-order chi connectivity index (χ0) is 16.2. The number of benzene rings is 1. The molecule has 1 fully saturated rings. The Balaban J connectivity index is 1.39. The van der Waals surface area contributed by atoms with Crippen LogP contribution in [0.15, 0.2) is 36.5 Å². The van der Waals surface area contributed by atoms with Gasteiger partial charge in [0.25, 0.3) is 0 Å². The second-order valence-corrected chi connectivity index (χ2v) is 6.44. The monoisotopic (exact) mass is 324 g/mol. The lowest BCUT2D eigenvalue weighted by Crippen LogP contribution is -2.34. The van der Waals surface area contributed by atoms with Crippen molar-refractivity contribution in [3.05, 3.63) is 47.7 Å². The van der Waals surface area contributed by atoms with E-state index in [2.05, 4.69) is 55.5 Å². The normalized spacial score (nSPS) is 22.8. The lowest BCUT2D eigenvalue weighted by molar-refractivity contribution is 0.523. The molecule has 0 radical (unpaired) electrons. The fourth-order valence-corrected chi connectivity index (χ4v) is 3.47. The Morgan fingerprint density at radius 1 is 1.17 bits per heavy atom. The van der Waals surface area contributed by atoms with E-state index in [9.17, 15) is 0 Å². The second-order valence-electron chi connectivity index (χ2n) is 6.44. The first-order chi connectivity index (χ1) is 11.9. The standard InChI is InChI=1S/C18H24N6/c1-2-4-15-13(3-1)5-9-20-16(15)12-22-17-7-10-21-18(24-17)23-14-6-8-19-11-14/h1-4,7,10,14,16,19-20H,5-6,8-9,11-12H2,(H2,21,22,23,24). The fourth-order valence-electron chi connectivity index (χ4n) is 3.47. The number of hydrogen-bond acceptors (Lipinski definition) is 6. The molecule has 126 valence electrons. The average molecular weight is 324 g/mol. The van der Waals surface area contributed by atoms with Crippen LogP contribution in [0.4, 0.5) is 11.8 Å². The van der Waals surface area contributed by atoms with Crippen LogP contribution in [0.1, 0.15) is 23.6 Å². The van der Waals surface area contributed by atoms with Crippen LogP contribution in [0, 0.1) is 0 Å². The summed E-state index contributed by atoms with van der Waals surface area (Å²) in [5.41, 5.74) is 2.84. The highest BCUT2D eigenvalue weighted by atomic mass is 15.2. The van der Waals surface area contributed by atoms with Crippen LogP contribution >= 0.6 is 0 Å². The molecule has 0 bridgehead atoms. The predicted octanol–water partition coefficient (Wildman–Crippen LogP) is 1.55. The highest BCUT2D eigenvalue weighted by Crippen LogP contribution is 2.23. The molecule has 6 heteroatoms. The molecule has 2 atom stereocenters. The zero-order valence-electron chi connectivity index (χ0n) is 13.8. The maximum atomic E-state index is 4.59. The summed E-state index contributed by atoms with van der Waals surface area (Å²) in [6.45, 7) is 3.87. The van der Waals surface area contributed by atoms with Crippen molar-refractivity contribution < 1.29 is 0 Å². The maximum absolute atomic E-state index is 4.59. The molecule has 0 saturated carbocycles. The third kappa shape index (κ3) is 3.49. The van der Waals surface area contributed by atoms with E-state index in [1.807, 2.05) is 12.3 Å². The van der Waals surface area contributed by atoms with Gasteiger partial charge >= 0.3 is 0 Å². The molecule has 2 aliphatic rings. The molecule has 4 rings (SSSR count). The Morgan fingerprint density at radius 3 is 3.04 bits per heavy atom. The quantitative estimate of drug-likeness (QED) is 0.669. The van der Waals surface area contributed by atoms with Gasteiger partial charge in [-0.25, -0.2) is 4.98 Å². The smallest absolute Gasteiger partial charge is 0.224 e. The molecule has 1 aromatic carbocycles. The van der Waals surface area contributed by atoms with Gasteiger partial charge in [-0.05, 0) is 43.1 Å². The van der Waals surface area contributed by atoms with E-state index in [0.29, 0.717) is 18.0 Å². The minimum Gasteiger partial charge on any atom is -0.368 e. The summed E-state index contributed by atoms with van der Waals surface area (Å²) < 4.78 is 0. The summed E-state index contributed by atoms with van der Waals surface area (Å²) in [6.07, 6.45) is 4.02. The summed E-state index contributed by atoms with van der Waals surface area (Å²) in [5.74, 6) is 1.56. The van der Waals surface area contributed by atoms with Crippen LogP contribution in [0.3, 0.4) is 0 Å². The van der Waals surface area contributed by atoms with Crippen LogP contribution in [0.5, 0.6) is 0 Å². The molecule has 6 nitrogen and oxygen atoms in total. The van der Waals surface area contributed by atoms with Crippen molar-refractivity contribution in [3.8, 4) is 0 Å². The van der Waals surface area contributed by atoms with Gasteiger partial charge in [0.1, 0.15) is 5.82 Å². The number of aromatic nitrogens is 2. The summed E-state index contributed by atoms with van der Waals surface area (Å²) in [4.78, 5) is 8.92. The Labute approximate surface area is 142 Å². The van der Waals surface area contributed by atoms with Gasteiger partial charge in [0.05, 0.1) is 0 Å². The van der Waals surface area contributed by atoms with Gasteiger partial charge in [0.15, 0.2) is 0 Å². The summed E-state index contributed by atoms with van der Waals surface area (Å²) in [5, 5.41) is 13.8. The van der Waals surface area contributed by atoms with Crippen LogP contribution in [0.2, 0.25) is 0 Å². The fraction of sp³-hybridized carbons (Fsp3) is 0.444. The van der Waals surface area contributed by atoms with Crippen molar-refractivity contribution in [2.45, 2.75) is 24.9 Å². The molecule has 3 heterocycles. The number of anilines is 2. The first-order valence-corrected chi connectivity index (χ1v) is 8.74. The van der Waals surface area contributed by atoms with Gasteiger partial charge in [-0.3, -0.25) is 0 Å². The molecule has 0 amide bonds. The molecular formula is C18H24N6. The number of hydrogen-bond donors (Lipinski definition) is 4. The molecule has 0 aliphatic carbocycles. The van der Waals surface area contributed by atoms with E-state index in [1.165, 1.54) is 11.1 Å². The molecule has 0 spiro atoms. The van der Waals surface area contributed by atoms with Gasteiger partial charge in [0.2, 0.25) is 5.95 Å². The van der Waals surface area contributed by atoms with E-state index in [1.54, 1.807) is 0 Å². The first kappa shape index (κ1) is 15.4. The van der Waals surface area contributed by atoms with Crippen LogP contribution in [-0.2, 0) is 6.42 Å². The van der Waals surface area contributed by atoms with Crippen molar-refractivity contribution in [2.75, 3.05) is 36.8 Å². The van der Waals surface area contributed by atoms with Crippen molar-refractivity contribution in [3.63, 3.8) is 0 Å². The molecule has 2 aromatic rings. The predicted molar refractivity (Wildman–Crippen MR) is 96.3 cm³/mol. The Bertz CT molecular complexity index is 683. The van der Waals surface area contributed by atoms with E-state index in [4.69, 9.17) is 0 Å². The first-order valence-electron chi connectivity index (χ1n) is 8.74. The number of nitrogens with zero attached hydrogens (tertiary/aromatic N) is 2. The molecular weight excluding hydrogens is 300 g/mol. The second kappa shape index (κ2) is 7.15. The minimum atomic E-state index is 0.320. The molecule has 1 saturated heterocycles. The highest BCUT2D eigenvalue weighted by molar-refractivity contribution is 5.41. The molecule has 2 aliphatic heterocycles. The van der Waals surface area contributed by atoms with Crippen LogP contribution < -0.4 is 21.3 Å². The highest BCUT2D eigenvalue weighted by Gasteiger charge is 2.19. The minimum absolute atomic E-state index is 0.320. The van der Waals surface area contributed by atoms with Crippen molar-refractivity contribution in [2.24, 2.45) is 0 Å². The summed E-state index contributed by atoms with van der Waals surface area (Å²) in [7, 11) is 0. The van der Waals surface area contributed by atoms with Crippen LogP contribution in [-0.4, -0.2) is 42.2 Å². The maximum Gasteiger partial charge on any atom is 0.224 e. The topological polar surface area (TPSA) is 73.9 Å². The van der Waals surface area contributed by atoms with Gasteiger partial charge in [-0.15, -0.1) is 0 Å². The third-order valence-electron chi connectivity index (χ3n) is 4.75. The van der Waals surface area contributed by atoms with E-state index >= 15 is 0 Å². The lowest BCUT2D eigenvalue weighted by atomic mass is 9.94. The van der Waals surface area contributed by atoms with Gasteiger partial charge in [-0.2, -0.15) is 4.98 Å². The van der Waals surface area contributed by atoms with Crippen molar-refractivity contribution >= 4 is 11.8 Å². The largest absolute Gasteiger partial charge is 0.368 e. The van der Waals surface area contributed by atoms with Gasteiger partial charge in [0, 0.05) is 31.4 Å². The Kier molecular flexibility index (Phi) is 4.57. The van der Waals surface area contributed by atoms with Gasteiger partial charge in [-0.1, -0.05) is 24.3 Å². The van der Waals surface area contributed by atoms with Crippen LogP contribution in [0.25, 0.3) is 0 Å². The SMILES string of the molecule is c1ccc2c(c1)CCNC2CNc1ccnc(NC2CCNC2)n1. The molecule has 4 N–H and O–H groups in total. The van der Waals surface area contributed by atoms with E-state index < -0.39 is 0 Å². The Morgan fingerprint density at radius 2 is 2.12 bits per heavy atom. The zero-order valence-corrected chi connectivity index (χ0v) is 13.8. The molecule has 2 unspecified atom stereocenters. The number of nitrogens with one attached hydrogen (secondary N) is 4. The number of rotatable bonds is 5. The Hall–Kier alpha value is -2.18. The van der Waals surface area contributed by atoms with Crippen molar-refractivity contribution in [1.29, 1.82) is 0 Å². The molecule has 24 heavy (non-hydrogen) atoms.